The molecule has 7 heteroatoms. The molecule has 2 aliphatic rings. The molecule has 0 spiro atoms. The summed E-state index contributed by atoms with van der Waals surface area (Å²) in [6.45, 7) is 3.69. The number of thioether (sulfide) groups is 1. The van der Waals surface area contributed by atoms with Gasteiger partial charge in [0.25, 0.3) is 0 Å². The quantitative estimate of drug-likeness (QED) is 0.524. The van der Waals surface area contributed by atoms with Crippen LogP contribution in [0.15, 0.2) is 4.99 Å². The van der Waals surface area contributed by atoms with Crippen molar-refractivity contribution in [2.45, 2.75) is 49.7 Å². The third-order valence-corrected chi connectivity index (χ3v) is 4.49. The molecule has 1 unspecified atom stereocenters. The van der Waals surface area contributed by atoms with Gasteiger partial charge < -0.3 is 25.4 Å². The van der Waals surface area contributed by atoms with Crippen molar-refractivity contribution in [3.63, 3.8) is 0 Å². The molecule has 0 radical (unpaired) electrons. The van der Waals surface area contributed by atoms with Crippen molar-refractivity contribution in [1.82, 2.24) is 5.32 Å². The van der Waals surface area contributed by atoms with Gasteiger partial charge in [0, 0.05) is 7.05 Å². The maximum atomic E-state index is 10.1. The Morgan fingerprint density at radius 2 is 2.00 bits per heavy atom. The minimum absolute atomic E-state index is 0.0514. The number of amidine groups is 1. The molecule has 104 valence electrons. The Hall–Kier alpha value is -0.340. The molecule has 0 aromatic heterocycles. The van der Waals surface area contributed by atoms with Crippen molar-refractivity contribution < 1.29 is 20.1 Å². The van der Waals surface area contributed by atoms with E-state index in [0.717, 1.165) is 0 Å². The SMILES string of the molecule is CNC1=N[C@@H]2[C@@H](O)[C@H](O)[C@@H](C(O)C(C)C)O[C@@H]2S1. The van der Waals surface area contributed by atoms with E-state index in [1.165, 1.54) is 11.8 Å². The van der Waals surface area contributed by atoms with Crippen LogP contribution in [-0.4, -0.2) is 63.4 Å². The minimum Gasteiger partial charge on any atom is -0.390 e. The number of aliphatic hydroxyl groups is 3. The molecule has 0 aromatic rings. The van der Waals surface area contributed by atoms with Crippen molar-refractivity contribution in [2.24, 2.45) is 10.9 Å². The average Bonchev–Trinajstić information content (AvgIpc) is 2.76. The van der Waals surface area contributed by atoms with Crippen molar-refractivity contribution in [1.29, 1.82) is 0 Å². The normalized spacial score (nSPS) is 41.5. The second-order valence-electron chi connectivity index (χ2n) is 4.98. The topological polar surface area (TPSA) is 94.3 Å². The van der Waals surface area contributed by atoms with Crippen LogP contribution in [-0.2, 0) is 4.74 Å². The Bertz CT molecular complexity index is 339. The first-order valence-electron chi connectivity index (χ1n) is 6.07. The molecule has 2 heterocycles. The highest BCUT2D eigenvalue weighted by Gasteiger charge is 2.50. The molecule has 1 fully saturated rings. The lowest BCUT2D eigenvalue weighted by Crippen LogP contribution is -2.59. The molecule has 0 bridgehead atoms. The molecule has 0 saturated carbocycles. The van der Waals surface area contributed by atoms with Gasteiger partial charge in [0.2, 0.25) is 0 Å². The monoisotopic (exact) mass is 276 g/mol. The molecular weight excluding hydrogens is 256 g/mol. The number of fused-ring (bicyclic) bond motifs is 1. The summed E-state index contributed by atoms with van der Waals surface area (Å²) in [6, 6.07) is -0.483. The number of nitrogens with one attached hydrogen (secondary N) is 1. The largest absolute Gasteiger partial charge is 0.390 e. The number of ether oxygens (including phenoxy) is 1. The average molecular weight is 276 g/mol. The summed E-state index contributed by atoms with van der Waals surface area (Å²) < 4.78 is 5.70. The highest BCUT2D eigenvalue weighted by molar-refractivity contribution is 8.14. The number of nitrogens with zero attached hydrogens (tertiary/aromatic N) is 1. The number of rotatable bonds is 2. The van der Waals surface area contributed by atoms with Gasteiger partial charge in [-0.05, 0) is 5.92 Å². The molecule has 18 heavy (non-hydrogen) atoms. The zero-order valence-corrected chi connectivity index (χ0v) is 11.5. The van der Waals surface area contributed by atoms with Crippen LogP contribution in [0.2, 0.25) is 0 Å². The molecule has 0 amide bonds. The van der Waals surface area contributed by atoms with Crippen LogP contribution in [0, 0.1) is 5.92 Å². The summed E-state index contributed by atoms with van der Waals surface area (Å²) in [5, 5.41) is 33.7. The summed E-state index contributed by atoms with van der Waals surface area (Å²) in [6.07, 6.45) is -3.72. The number of aliphatic hydroxyl groups excluding tert-OH is 3. The van der Waals surface area contributed by atoms with Crippen LogP contribution >= 0.6 is 11.8 Å². The first-order valence-corrected chi connectivity index (χ1v) is 6.95. The van der Waals surface area contributed by atoms with Gasteiger partial charge >= 0.3 is 0 Å². The smallest absolute Gasteiger partial charge is 0.159 e. The predicted molar refractivity (Wildman–Crippen MR) is 69.4 cm³/mol. The fourth-order valence-corrected chi connectivity index (χ4v) is 3.23. The minimum atomic E-state index is -1.12. The van der Waals surface area contributed by atoms with Crippen LogP contribution < -0.4 is 5.32 Å². The van der Waals surface area contributed by atoms with Crippen molar-refractivity contribution in [3.8, 4) is 0 Å². The van der Waals surface area contributed by atoms with E-state index < -0.39 is 30.5 Å². The van der Waals surface area contributed by atoms with Gasteiger partial charge in [-0.1, -0.05) is 25.6 Å². The summed E-state index contributed by atoms with van der Waals surface area (Å²) in [5.41, 5.74) is -0.357. The van der Waals surface area contributed by atoms with Crippen molar-refractivity contribution >= 4 is 16.9 Å². The lowest BCUT2D eigenvalue weighted by Gasteiger charge is -2.41. The summed E-state index contributed by atoms with van der Waals surface area (Å²) in [5.74, 6) is -0.0514. The maximum absolute atomic E-state index is 10.1. The number of hydrogen-bond acceptors (Lipinski definition) is 7. The summed E-state index contributed by atoms with van der Waals surface area (Å²) >= 11 is 1.37. The molecule has 6 nitrogen and oxygen atoms in total. The Kier molecular flexibility index (Phi) is 4.18. The van der Waals surface area contributed by atoms with E-state index in [9.17, 15) is 15.3 Å². The standard InChI is InChI=1S/C11H20N2O4S/c1-4(2)6(14)9-8(16)7(15)5-10(17-9)18-11(12-3)13-5/h4-10,14-16H,1-3H3,(H,12,13)/t5-,6?,7-,8+,9-,10-/m1/s1. The van der Waals surface area contributed by atoms with Crippen LogP contribution in [0.5, 0.6) is 0 Å². The molecule has 1 saturated heterocycles. The molecule has 4 N–H and O–H groups in total. The van der Waals surface area contributed by atoms with Crippen LogP contribution in [0.3, 0.4) is 0 Å². The van der Waals surface area contributed by atoms with Crippen LogP contribution in [0.1, 0.15) is 13.8 Å². The fraction of sp³-hybridized carbons (Fsp3) is 0.909. The maximum Gasteiger partial charge on any atom is 0.159 e. The van der Waals surface area contributed by atoms with Gasteiger partial charge in [-0.15, -0.1) is 0 Å². The van der Waals surface area contributed by atoms with Gasteiger partial charge in [0.1, 0.15) is 29.8 Å². The van der Waals surface area contributed by atoms with E-state index >= 15 is 0 Å². The fourth-order valence-electron chi connectivity index (χ4n) is 2.17. The first kappa shape index (κ1) is 14.1. The Balaban J connectivity index is 2.13. The predicted octanol–water partition coefficient (Wildman–Crippen LogP) is -0.859. The van der Waals surface area contributed by atoms with Crippen molar-refractivity contribution in [3.05, 3.63) is 0 Å². The van der Waals surface area contributed by atoms with E-state index in [-0.39, 0.29) is 11.4 Å². The van der Waals surface area contributed by atoms with Crippen molar-refractivity contribution in [2.75, 3.05) is 7.05 Å². The second-order valence-corrected chi connectivity index (χ2v) is 6.06. The highest BCUT2D eigenvalue weighted by Crippen LogP contribution is 2.37. The summed E-state index contributed by atoms with van der Waals surface area (Å²) in [7, 11) is 1.74. The van der Waals surface area contributed by atoms with E-state index in [2.05, 4.69) is 10.3 Å². The van der Waals surface area contributed by atoms with Gasteiger partial charge in [-0.25, -0.2) is 0 Å². The summed E-state index contributed by atoms with van der Waals surface area (Å²) in [4.78, 5) is 4.25. The lowest BCUT2D eigenvalue weighted by atomic mass is 9.90. The zero-order valence-electron chi connectivity index (χ0n) is 10.6. The van der Waals surface area contributed by atoms with E-state index in [1.54, 1.807) is 7.05 Å². The molecule has 0 aromatic carbocycles. The first-order chi connectivity index (χ1) is 8.45. The van der Waals surface area contributed by atoms with Crippen LogP contribution in [0.25, 0.3) is 0 Å². The van der Waals surface area contributed by atoms with E-state index in [1.807, 2.05) is 13.8 Å². The number of hydrogen-bond donors (Lipinski definition) is 4. The van der Waals surface area contributed by atoms with Gasteiger partial charge in [-0.2, -0.15) is 0 Å². The van der Waals surface area contributed by atoms with E-state index in [0.29, 0.717) is 5.17 Å². The Labute approximate surface area is 110 Å². The lowest BCUT2D eigenvalue weighted by molar-refractivity contribution is -0.191. The van der Waals surface area contributed by atoms with Gasteiger partial charge in [-0.3, -0.25) is 4.99 Å². The third-order valence-electron chi connectivity index (χ3n) is 3.33. The molecule has 6 atom stereocenters. The zero-order chi connectivity index (χ0) is 13.4. The molecule has 2 aliphatic heterocycles. The molecule has 0 aliphatic carbocycles. The van der Waals surface area contributed by atoms with Gasteiger partial charge in [0.15, 0.2) is 5.17 Å². The second kappa shape index (κ2) is 5.34. The van der Waals surface area contributed by atoms with Gasteiger partial charge in [0.05, 0.1) is 6.10 Å². The van der Waals surface area contributed by atoms with E-state index in [4.69, 9.17) is 4.74 Å². The van der Waals surface area contributed by atoms with Crippen LogP contribution in [0.4, 0.5) is 0 Å². The molecule has 2 rings (SSSR count). The Morgan fingerprint density at radius 1 is 1.33 bits per heavy atom. The third kappa shape index (κ3) is 2.37. The highest BCUT2D eigenvalue weighted by atomic mass is 32.2. The molecular formula is C11H20N2O4S. The number of aliphatic imine (C=N–C) groups is 1. The Morgan fingerprint density at radius 3 is 2.56 bits per heavy atom.